The Morgan fingerprint density at radius 1 is 1.50 bits per heavy atom. The van der Waals surface area contributed by atoms with Gasteiger partial charge in [-0.3, -0.25) is 4.79 Å². The number of hydrogen-bond donors (Lipinski definition) is 1. The van der Waals surface area contributed by atoms with Crippen LogP contribution < -0.4 is 5.32 Å². The Morgan fingerprint density at radius 2 is 2.06 bits per heavy atom. The molecule has 0 spiro atoms. The molecule has 0 saturated carbocycles. The van der Waals surface area contributed by atoms with Gasteiger partial charge in [-0.2, -0.15) is 0 Å². The Kier molecular flexibility index (Phi) is 5.73. The van der Waals surface area contributed by atoms with E-state index >= 15 is 0 Å². The Bertz CT molecular complexity index is 253. The topological polar surface area (TPSA) is 84.7 Å². The van der Waals surface area contributed by atoms with Gasteiger partial charge in [-0.25, -0.2) is 0 Å². The van der Waals surface area contributed by atoms with Crippen molar-refractivity contribution in [3.8, 4) is 0 Å². The Hall–Kier alpha value is -1.37. The second kappa shape index (κ2) is 6.26. The number of amides is 1. The summed E-state index contributed by atoms with van der Waals surface area (Å²) in [6.45, 7) is 4.18. The second-order valence-electron chi connectivity index (χ2n) is 4.44. The minimum absolute atomic E-state index is 0.242. The number of carbonyl (C=O) groups excluding carboxylic acids is 1. The van der Waals surface area contributed by atoms with Crippen molar-refractivity contribution >= 4 is 5.91 Å². The van der Waals surface area contributed by atoms with Crippen molar-refractivity contribution < 1.29 is 14.7 Å². The lowest BCUT2D eigenvalue weighted by Crippen LogP contribution is -2.42. The summed E-state index contributed by atoms with van der Waals surface area (Å²) in [7, 11) is 3.79. The average molecular weight is 233 g/mol. The fourth-order valence-electron chi connectivity index (χ4n) is 0.912. The van der Waals surface area contributed by atoms with E-state index in [1.807, 2.05) is 19.0 Å². The number of nitrogens with zero attached hydrogens (tertiary/aromatic N) is 2. The predicted octanol–water partition coefficient (Wildman–Crippen LogP) is -0.101. The van der Waals surface area contributed by atoms with Gasteiger partial charge in [0, 0.05) is 13.1 Å². The molecule has 7 nitrogen and oxygen atoms in total. The highest BCUT2D eigenvalue weighted by Gasteiger charge is 2.28. The lowest BCUT2D eigenvalue weighted by molar-refractivity contribution is -0.760. The molecule has 7 heteroatoms. The van der Waals surface area contributed by atoms with E-state index in [-0.39, 0.29) is 12.5 Å². The normalized spacial score (nSPS) is 11.3. The highest BCUT2D eigenvalue weighted by atomic mass is 16.9. The van der Waals surface area contributed by atoms with E-state index in [9.17, 15) is 14.9 Å². The summed E-state index contributed by atoms with van der Waals surface area (Å²) in [5, 5.41) is 11.8. The molecule has 16 heavy (non-hydrogen) atoms. The van der Waals surface area contributed by atoms with Gasteiger partial charge in [0.2, 0.25) is 5.91 Å². The van der Waals surface area contributed by atoms with Gasteiger partial charge >= 0.3 is 0 Å². The standard InChI is InChI=1S/C9H19N3O4/c1-9(2,7-16-12(14)15)8(13)10-5-6-11(3)4/h5-7H2,1-4H3,(H,10,13). The van der Waals surface area contributed by atoms with Crippen molar-refractivity contribution in [3.63, 3.8) is 0 Å². The van der Waals surface area contributed by atoms with Crippen LogP contribution in [0.1, 0.15) is 13.8 Å². The van der Waals surface area contributed by atoms with Crippen LogP contribution in [-0.4, -0.2) is 49.7 Å². The van der Waals surface area contributed by atoms with Gasteiger partial charge in [0.1, 0.15) is 6.61 Å². The molecule has 0 aromatic carbocycles. The molecule has 0 radical (unpaired) electrons. The van der Waals surface area contributed by atoms with Crippen molar-refractivity contribution in [1.82, 2.24) is 10.2 Å². The molecule has 1 amide bonds. The number of rotatable bonds is 7. The molecule has 1 N–H and O–H groups in total. The van der Waals surface area contributed by atoms with Crippen LogP contribution in [0, 0.1) is 15.5 Å². The van der Waals surface area contributed by atoms with E-state index in [2.05, 4.69) is 10.2 Å². The van der Waals surface area contributed by atoms with Crippen LogP contribution in [0.2, 0.25) is 0 Å². The maximum Gasteiger partial charge on any atom is 0.294 e. The zero-order valence-electron chi connectivity index (χ0n) is 10.1. The molecule has 0 heterocycles. The number of nitrogens with one attached hydrogen (secondary N) is 1. The van der Waals surface area contributed by atoms with E-state index in [1.165, 1.54) is 0 Å². The van der Waals surface area contributed by atoms with Crippen molar-refractivity contribution in [1.29, 1.82) is 0 Å². The molecule has 0 aliphatic carbocycles. The second-order valence-corrected chi connectivity index (χ2v) is 4.44. The molecule has 0 aromatic heterocycles. The summed E-state index contributed by atoms with van der Waals surface area (Å²) in [6, 6.07) is 0. The van der Waals surface area contributed by atoms with Crippen LogP contribution in [-0.2, 0) is 9.63 Å². The molecule has 0 aliphatic rings. The molecule has 0 unspecified atom stereocenters. The first-order valence-corrected chi connectivity index (χ1v) is 4.96. The number of hydrogen-bond acceptors (Lipinski definition) is 5. The number of carbonyl (C=O) groups is 1. The van der Waals surface area contributed by atoms with Crippen LogP contribution in [0.4, 0.5) is 0 Å². The highest BCUT2D eigenvalue weighted by Crippen LogP contribution is 2.15. The van der Waals surface area contributed by atoms with Crippen molar-refractivity contribution in [3.05, 3.63) is 10.1 Å². The fourth-order valence-corrected chi connectivity index (χ4v) is 0.912. The molecule has 0 fully saturated rings. The molecular formula is C9H19N3O4. The van der Waals surface area contributed by atoms with E-state index < -0.39 is 10.5 Å². The van der Waals surface area contributed by atoms with Crippen LogP contribution in [0.5, 0.6) is 0 Å². The first kappa shape index (κ1) is 14.6. The molecule has 0 bridgehead atoms. The summed E-state index contributed by atoms with van der Waals surface area (Å²) in [4.78, 5) is 27.8. The number of likely N-dealkylation sites (N-methyl/N-ethyl adjacent to an activating group) is 1. The van der Waals surface area contributed by atoms with Crippen LogP contribution in [0.3, 0.4) is 0 Å². The summed E-state index contributed by atoms with van der Waals surface area (Å²) >= 11 is 0. The highest BCUT2D eigenvalue weighted by molar-refractivity contribution is 5.81. The summed E-state index contributed by atoms with van der Waals surface area (Å²) in [5.74, 6) is -0.254. The van der Waals surface area contributed by atoms with Gasteiger partial charge in [0.25, 0.3) is 5.09 Å². The zero-order chi connectivity index (χ0) is 12.8. The SMILES string of the molecule is CN(C)CCNC(=O)C(C)(C)CO[N+](=O)[O-]. The summed E-state index contributed by atoms with van der Waals surface area (Å²) in [6.07, 6.45) is 0. The molecule has 0 rings (SSSR count). The maximum absolute atomic E-state index is 11.6. The van der Waals surface area contributed by atoms with Crippen molar-refractivity contribution in [2.24, 2.45) is 5.41 Å². The lowest BCUT2D eigenvalue weighted by Gasteiger charge is -2.22. The van der Waals surface area contributed by atoms with Crippen LogP contribution in [0.25, 0.3) is 0 Å². The maximum atomic E-state index is 11.6. The van der Waals surface area contributed by atoms with Gasteiger partial charge in [-0.1, -0.05) is 0 Å². The molecule has 0 atom stereocenters. The van der Waals surface area contributed by atoms with Crippen molar-refractivity contribution in [2.75, 3.05) is 33.8 Å². The van der Waals surface area contributed by atoms with Crippen molar-refractivity contribution in [2.45, 2.75) is 13.8 Å². The lowest BCUT2D eigenvalue weighted by atomic mass is 9.94. The van der Waals surface area contributed by atoms with Gasteiger partial charge in [0.05, 0.1) is 5.41 Å². The monoisotopic (exact) mass is 233 g/mol. The van der Waals surface area contributed by atoms with E-state index in [0.717, 1.165) is 6.54 Å². The summed E-state index contributed by atoms with van der Waals surface area (Å²) in [5.41, 5.74) is -0.903. The largest absolute Gasteiger partial charge is 0.354 e. The van der Waals surface area contributed by atoms with E-state index in [4.69, 9.17) is 0 Å². The molecule has 0 aliphatic heterocycles. The predicted molar refractivity (Wildman–Crippen MR) is 58.3 cm³/mol. The Morgan fingerprint density at radius 3 is 2.50 bits per heavy atom. The molecular weight excluding hydrogens is 214 g/mol. The van der Waals surface area contributed by atoms with Gasteiger partial charge in [-0.15, -0.1) is 10.1 Å². The smallest absolute Gasteiger partial charge is 0.294 e. The molecule has 0 aromatic rings. The average Bonchev–Trinajstić information content (AvgIpc) is 2.14. The minimum atomic E-state index is -0.903. The van der Waals surface area contributed by atoms with Gasteiger partial charge in [-0.05, 0) is 27.9 Å². The summed E-state index contributed by atoms with van der Waals surface area (Å²) < 4.78 is 0. The first-order valence-electron chi connectivity index (χ1n) is 4.96. The quantitative estimate of drug-likeness (QED) is 0.490. The van der Waals surface area contributed by atoms with Gasteiger partial charge in [0.15, 0.2) is 0 Å². The van der Waals surface area contributed by atoms with Crippen LogP contribution >= 0.6 is 0 Å². The fraction of sp³-hybridized carbons (Fsp3) is 0.889. The molecule has 0 saturated heterocycles. The first-order chi connectivity index (χ1) is 7.25. The Balaban J connectivity index is 3.99. The van der Waals surface area contributed by atoms with Crippen LogP contribution in [0.15, 0.2) is 0 Å². The third-order valence-electron chi connectivity index (χ3n) is 1.99. The Labute approximate surface area is 94.9 Å². The third kappa shape index (κ3) is 6.18. The molecule has 94 valence electrons. The van der Waals surface area contributed by atoms with E-state index in [1.54, 1.807) is 13.8 Å². The van der Waals surface area contributed by atoms with E-state index in [0.29, 0.717) is 6.54 Å². The minimum Gasteiger partial charge on any atom is -0.354 e. The zero-order valence-corrected chi connectivity index (χ0v) is 10.1. The third-order valence-corrected chi connectivity index (χ3v) is 1.99. The van der Waals surface area contributed by atoms with Gasteiger partial charge < -0.3 is 15.1 Å².